The van der Waals surface area contributed by atoms with Gasteiger partial charge in [-0.3, -0.25) is 4.79 Å². The van der Waals surface area contributed by atoms with Crippen LogP contribution in [0, 0.1) is 12.3 Å². The molecule has 0 radical (unpaired) electrons. The number of benzene rings is 1. The summed E-state index contributed by atoms with van der Waals surface area (Å²) in [4.78, 5) is 20.6. The van der Waals surface area contributed by atoms with Gasteiger partial charge in [0.2, 0.25) is 5.91 Å². The third-order valence-electron chi connectivity index (χ3n) is 4.21. The number of carbonyl (C=O) groups is 1. The smallest absolute Gasteiger partial charge is 0.248 e. The highest BCUT2D eigenvalue weighted by Crippen LogP contribution is 2.14. The van der Waals surface area contributed by atoms with Crippen LogP contribution in [0.25, 0.3) is 0 Å². The molecule has 0 bridgehead atoms. The van der Waals surface area contributed by atoms with E-state index < -0.39 is 0 Å². The summed E-state index contributed by atoms with van der Waals surface area (Å²) in [5.74, 6) is 3.49. The fraction of sp³-hybridized carbons (Fsp3) is 0.300. The zero-order valence-corrected chi connectivity index (χ0v) is 14.1. The molecular formula is C20H21N3O2. The monoisotopic (exact) mass is 335 g/mol. The summed E-state index contributed by atoms with van der Waals surface area (Å²) in [7, 11) is 0. The molecule has 2 aromatic rings. The number of hydrogen-bond acceptors (Lipinski definition) is 4. The Morgan fingerprint density at radius 3 is 2.52 bits per heavy atom. The van der Waals surface area contributed by atoms with Crippen molar-refractivity contribution in [2.45, 2.75) is 6.61 Å². The number of carbonyl (C=O) groups excluding carboxylic acids is 1. The van der Waals surface area contributed by atoms with Gasteiger partial charge in [-0.1, -0.05) is 36.3 Å². The van der Waals surface area contributed by atoms with Crippen molar-refractivity contribution in [1.82, 2.24) is 9.88 Å². The maximum atomic E-state index is 12.3. The lowest BCUT2D eigenvalue weighted by Crippen LogP contribution is -2.50. The lowest BCUT2D eigenvalue weighted by atomic mass is 10.2. The van der Waals surface area contributed by atoms with E-state index in [1.807, 2.05) is 47.4 Å². The van der Waals surface area contributed by atoms with Crippen molar-refractivity contribution in [2.24, 2.45) is 0 Å². The number of nitrogens with zero attached hydrogens (tertiary/aromatic N) is 3. The average Bonchev–Trinajstić information content (AvgIpc) is 2.69. The normalized spacial score (nSPS) is 14.2. The standard InChI is InChI=1S/C20H21N3O2/c1-2-17-8-9-19(21-14-17)22-10-12-23(13-11-22)20(24)16-25-15-18-6-4-3-5-7-18/h1,3-9,14H,10-13,15-16H2. The summed E-state index contributed by atoms with van der Waals surface area (Å²) in [5, 5.41) is 0. The first-order valence-corrected chi connectivity index (χ1v) is 8.33. The molecule has 1 aliphatic rings. The number of rotatable bonds is 5. The molecule has 5 heteroatoms. The van der Waals surface area contributed by atoms with Crippen molar-refractivity contribution in [1.29, 1.82) is 0 Å². The third kappa shape index (κ3) is 4.59. The molecule has 128 valence electrons. The summed E-state index contributed by atoms with van der Waals surface area (Å²) in [6.45, 7) is 3.43. The second-order valence-electron chi connectivity index (χ2n) is 5.90. The highest BCUT2D eigenvalue weighted by molar-refractivity contribution is 5.77. The molecule has 0 unspecified atom stereocenters. The highest BCUT2D eigenvalue weighted by atomic mass is 16.5. The van der Waals surface area contributed by atoms with E-state index in [1.54, 1.807) is 6.20 Å². The molecule has 1 aromatic heterocycles. The van der Waals surface area contributed by atoms with E-state index in [2.05, 4.69) is 15.8 Å². The average molecular weight is 335 g/mol. The van der Waals surface area contributed by atoms with Gasteiger partial charge in [0.1, 0.15) is 12.4 Å². The van der Waals surface area contributed by atoms with Gasteiger partial charge in [0.15, 0.2) is 0 Å². The van der Waals surface area contributed by atoms with Crippen LogP contribution in [0.5, 0.6) is 0 Å². The molecule has 25 heavy (non-hydrogen) atoms. The molecule has 5 nitrogen and oxygen atoms in total. The van der Waals surface area contributed by atoms with Crippen molar-refractivity contribution in [3.63, 3.8) is 0 Å². The Labute approximate surface area is 148 Å². The fourth-order valence-electron chi connectivity index (χ4n) is 2.77. The SMILES string of the molecule is C#Cc1ccc(N2CCN(C(=O)COCc3ccccc3)CC2)nc1. The molecule has 3 rings (SSSR count). The molecule has 2 heterocycles. The van der Waals surface area contributed by atoms with Gasteiger partial charge < -0.3 is 14.5 Å². The quantitative estimate of drug-likeness (QED) is 0.784. The number of pyridine rings is 1. The molecule has 1 amide bonds. The Morgan fingerprint density at radius 1 is 1.12 bits per heavy atom. The van der Waals surface area contributed by atoms with E-state index in [0.717, 1.165) is 30.0 Å². The first kappa shape index (κ1) is 17.0. The van der Waals surface area contributed by atoms with E-state index in [0.29, 0.717) is 19.7 Å². The van der Waals surface area contributed by atoms with Crippen LogP contribution < -0.4 is 4.90 Å². The molecular weight excluding hydrogens is 314 g/mol. The summed E-state index contributed by atoms with van der Waals surface area (Å²) < 4.78 is 5.54. The number of hydrogen-bond donors (Lipinski definition) is 0. The third-order valence-corrected chi connectivity index (χ3v) is 4.21. The molecule has 0 aliphatic carbocycles. The van der Waals surface area contributed by atoms with E-state index in [-0.39, 0.29) is 12.5 Å². The van der Waals surface area contributed by atoms with Crippen LogP contribution >= 0.6 is 0 Å². The topological polar surface area (TPSA) is 45.7 Å². The molecule has 0 atom stereocenters. The molecule has 0 N–H and O–H groups in total. The van der Waals surface area contributed by atoms with Gasteiger partial charge in [-0.25, -0.2) is 4.98 Å². The second kappa shape index (κ2) is 8.32. The molecule has 0 spiro atoms. The molecule has 1 aliphatic heterocycles. The summed E-state index contributed by atoms with van der Waals surface area (Å²) >= 11 is 0. The predicted molar refractivity (Wildman–Crippen MR) is 97.1 cm³/mol. The Kier molecular flexibility index (Phi) is 5.65. The summed E-state index contributed by atoms with van der Waals surface area (Å²) in [6, 6.07) is 13.7. The predicted octanol–water partition coefficient (Wildman–Crippen LogP) is 1.93. The van der Waals surface area contributed by atoms with E-state index >= 15 is 0 Å². The first-order chi connectivity index (χ1) is 12.3. The van der Waals surface area contributed by atoms with Gasteiger partial charge in [0, 0.05) is 37.9 Å². The van der Waals surface area contributed by atoms with Gasteiger partial charge in [0.25, 0.3) is 0 Å². The van der Waals surface area contributed by atoms with Gasteiger partial charge >= 0.3 is 0 Å². The summed E-state index contributed by atoms with van der Waals surface area (Å²) in [5.41, 5.74) is 1.84. The van der Waals surface area contributed by atoms with E-state index in [9.17, 15) is 4.79 Å². The van der Waals surface area contributed by atoms with Crippen LogP contribution in [-0.2, 0) is 16.1 Å². The minimum atomic E-state index is 0.0335. The van der Waals surface area contributed by atoms with Crippen LogP contribution in [-0.4, -0.2) is 48.6 Å². The lowest BCUT2D eigenvalue weighted by Gasteiger charge is -2.35. The molecule has 1 fully saturated rings. The van der Waals surface area contributed by atoms with Gasteiger partial charge in [0.05, 0.1) is 6.61 Å². The van der Waals surface area contributed by atoms with Crippen LogP contribution in [0.15, 0.2) is 48.7 Å². The van der Waals surface area contributed by atoms with Crippen LogP contribution in [0.2, 0.25) is 0 Å². The van der Waals surface area contributed by atoms with E-state index in [1.165, 1.54) is 0 Å². The number of ether oxygens (including phenoxy) is 1. The fourth-order valence-corrected chi connectivity index (χ4v) is 2.77. The number of anilines is 1. The van der Waals surface area contributed by atoms with Crippen molar-refractivity contribution in [3.05, 3.63) is 59.8 Å². The van der Waals surface area contributed by atoms with Crippen molar-refractivity contribution in [2.75, 3.05) is 37.7 Å². The minimum absolute atomic E-state index is 0.0335. The lowest BCUT2D eigenvalue weighted by molar-refractivity contribution is -0.136. The number of terminal acetylenes is 1. The zero-order chi connectivity index (χ0) is 17.5. The Balaban J connectivity index is 1.43. The molecule has 1 aromatic carbocycles. The van der Waals surface area contributed by atoms with Gasteiger partial charge in [-0.05, 0) is 17.7 Å². The molecule has 0 saturated carbocycles. The van der Waals surface area contributed by atoms with Crippen molar-refractivity contribution in [3.8, 4) is 12.3 Å². The van der Waals surface area contributed by atoms with E-state index in [4.69, 9.17) is 11.2 Å². The van der Waals surface area contributed by atoms with Gasteiger partial charge in [-0.15, -0.1) is 6.42 Å². The number of piperazine rings is 1. The van der Waals surface area contributed by atoms with Crippen LogP contribution in [0.3, 0.4) is 0 Å². The Morgan fingerprint density at radius 2 is 1.88 bits per heavy atom. The Hall–Kier alpha value is -2.84. The van der Waals surface area contributed by atoms with Crippen molar-refractivity contribution >= 4 is 11.7 Å². The van der Waals surface area contributed by atoms with Gasteiger partial charge in [-0.2, -0.15) is 0 Å². The minimum Gasteiger partial charge on any atom is -0.367 e. The molecule has 1 saturated heterocycles. The highest BCUT2D eigenvalue weighted by Gasteiger charge is 2.21. The van der Waals surface area contributed by atoms with Crippen LogP contribution in [0.1, 0.15) is 11.1 Å². The number of aromatic nitrogens is 1. The maximum absolute atomic E-state index is 12.3. The Bertz CT molecular complexity index is 730. The zero-order valence-electron chi connectivity index (χ0n) is 14.1. The maximum Gasteiger partial charge on any atom is 0.248 e. The van der Waals surface area contributed by atoms with Crippen molar-refractivity contribution < 1.29 is 9.53 Å². The first-order valence-electron chi connectivity index (χ1n) is 8.33. The summed E-state index contributed by atoms with van der Waals surface area (Å²) in [6.07, 6.45) is 7.05. The number of amides is 1. The largest absolute Gasteiger partial charge is 0.367 e. The van der Waals surface area contributed by atoms with Crippen LogP contribution in [0.4, 0.5) is 5.82 Å². The second-order valence-corrected chi connectivity index (χ2v) is 5.90.